The number of carbonyl (C=O) groups excluding carboxylic acids is 1. The molecule has 1 aromatic carbocycles. The fraction of sp³-hybridized carbons (Fsp3) is 0.364. The van der Waals surface area contributed by atoms with Crippen LogP contribution in [0.3, 0.4) is 0 Å². The average molecular weight is 297 g/mol. The normalized spacial score (nSPS) is 11.2. The number of alkyl halides is 2. The van der Waals surface area contributed by atoms with Crippen LogP contribution in [0, 0.1) is 5.82 Å². The van der Waals surface area contributed by atoms with Crippen LogP contribution in [0.25, 0.3) is 0 Å². The summed E-state index contributed by atoms with van der Waals surface area (Å²) in [5.41, 5.74) is 4.81. The Kier molecular flexibility index (Phi) is 5.44. The summed E-state index contributed by atoms with van der Waals surface area (Å²) in [7, 11) is 0. The molecule has 0 unspecified atom stereocenters. The Morgan fingerprint density at radius 1 is 1.47 bits per heavy atom. The Morgan fingerprint density at radius 2 is 2.16 bits per heavy atom. The minimum Gasteiger partial charge on any atom is -0.484 e. The van der Waals surface area contributed by atoms with Crippen LogP contribution in [0.15, 0.2) is 18.2 Å². The molecule has 0 bridgehead atoms. The molecule has 1 rings (SSSR count). The summed E-state index contributed by atoms with van der Waals surface area (Å²) in [6.45, 7) is -2.21. The summed E-state index contributed by atoms with van der Waals surface area (Å²) in [6.07, 6.45) is 0. The molecule has 0 atom stereocenters. The van der Waals surface area contributed by atoms with Gasteiger partial charge in [0, 0.05) is 6.07 Å². The van der Waals surface area contributed by atoms with Crippen LogP contribution in [-0.2, 0) is 4.79 Å². The number of rotatable bonds is 6. The summed E-state index contributed by atoms with van der Waals surface area (Å²) in [5.74, 6) is -4.36. The average Bonchev–Trinajstić information content (AvgIpc) is 2.38. The zero-order chi connectivity index (χ0) is 14.5. The van der Waals surface area contributed by atoms with Gasteiger partial charge in [0.05, 0.1) is 18.1 Å². The summed E-state index contributed by atoms with van der Waals surface area (Å²) >= 11 is 5.50. The Bertz CT molecular complexity index is 458. The van der Waals surface area contributed by atoms with Gasteiger partial charge in [-0.1, -0.05) is 11.6 Å². The second-order valence-corrected chi connectivity index (χ2v) is 4.11. The zero-order valence-electron chi connectivity index (χ0n) is 9.76. The fourth-order valence-corrected chi connectivity index (χ4v) is 1.24. The van der Waals surface area contributed by atoms with Crippen molar-refractivity contribution >= 4 is 17.5 Å². The van der Waals surface area contributed by atoms with E-state index in [1.807, 2.05) is 5.32 Å². The summed E-state index contributed by atoms with van der Waals surface area (Å²) in [6, 6.07) is 3.51. The molecular formula is C11H12ClF3N2O2. The van der Waals surface area contributed by atoms with E-state index in [1.165, 1.54) is 12.1 Å². The molecule has 0 heterocycles. The number of ether oxygens (including phenoxy) is 1. The monoisotopic (exact) mass is 296 g/mol. The van der Waals surface area contributed by atoms with Gasteiger partial charge in [0.2, 0.25) is 0 Å². The Morgan fingerprint density at radius 3 is 2.74 bits per heavy atom. The predicted molar refractivity (Wildman–Crippen MR) is 63.9 cm³/mol. The molecule has 19 heavy (non-hydrogen) atoms. The largest absolute Gasteiger partial charge is 0.484 e. The lowest BCUT2D eigenvalue weighted by Crippen LogP contribution is -2.43. The highest BCUT2D eigenvalue weighted by molar-refractivity contribution is 6.30. The van der Waals surface area contributed by atoms with E-state index in [2.05, 4.69) is 0 Å². The van der Waals surface area contributed by atoms with Crippen LogP contribution < -0.4 is 15.8 Å². The first-order chi connectivity index (χ1) is 8.84. The van der Waals surface area contributed by atoms with Gasteiger partial charge in [0.1, 0.15) is 11.6 Å². The fourth-order valence-electron chi connectivity index (χ4n) is 1.07. The molecule has 0 aliphatic rings. The maximum absolute atomic E-state index is 12.8. The van der Waals surface area contributed by atoms with Crippen molar-refractivity contribution in [1.82, 2.24) is 5.32 Å². The number of hydrogen-bond donors (Lipinski definition) is 2. The molecule has 4 nitrogen and oxygen atoms in total. The van der Waals surface area contributed by atoms with Gasteiger partial charge in [0.15, 0.2) is 6.61 Å². The third-order valence-electron chi connectivity index (χ3n) is 2.10. The third-order valence-corrected chi connectivity index (χ3v) is 2.39. The molecule has 0 aliphatic heterocycles. The number of carbonyl (C=O) groups is 1. The van der Waals surface area contributed by atoms with Gasteiger partial charge in [-0.15, -0.1) is 0 Å². The van der Waals surface area contributed by atoms with E-state index in [9.17, 15) is 18.0 Å². The van der Waals surface area contributed by atoms with Crippen LogP contribution in [0.5, 0.6) is 5.75 Å². The topological polar surface area (TPSA) is 64.3 Å². The highest BCUT2D eigenvalue weighted by Crippen LogP contribution is 2.20. The number of nitrogens with two attached hydrogens (primary N) is 1. The zero-order valence-corrected chi connectivity index (χ0v) is 10.5. The third kappa shape index (κ3) is 5.35. The van der Waals surface area contributed by atoms with E-state index >= 15 is 0 Å². The van der Waals surface area contributed by atoms with Crippen molar-refractivity contribution in [3.8, 4) is 5.75 Å². The van der Waals surface area contributed by atoms with Crippen molar-refractivity contribution in [2.24, 2.45) is 5.73 Å². The molecule has 0 saturated heterocycles. The SMILES string of the molecule is NCC(F)(F)CNC(=O)COc1ccc(F)c(Cl)c1. The molecule has 8 heteroatoms. The minimum atomic E-state index is -3.16. The maximum Gasteiger partial charge on any atom is 0.277 e. The number of nitrogens with one attached hydrogen (secondary N) is 1. The Balaban J connectivity index is 2.40. The smallest absolute Gasteiger partial charge is 0.277 e. The van der Waals surface area contributed by atoms with E-state index < -0.39 is 37.3 Å². The number of benzene rings is 1. The number of amides is 1. The first-order valence-corrected chi connectivity index (χ1v) is 5.64. The van der Waals surface area contributed by atoms with E-state index in [0.29, 0.717) is 0 Å². The van der Waals surface area contributed by atoms with Crippen molar-refractivity contribution < 1.29 is 22.7 Å². The molecule has 0 saturated carbocycles. The second-order valence-electron chi connectivity index (χ2n) is 3.70. The summed E-state index contributed by atoms with van der Waals surface area (Å²) < 4.78 is 43.3. The van der Waals surface area contributed by atoms with Crippen LogP contribution in [-0.4, -0.2) is 31.5 Å². The van der Waals surface area contributed by atoms with E-state index in [0.717, 1.165) is 6.07 Å². The van der Waals surface area contributed by atoms with E-state index in [1.54, 1.807) is 0 Å². The molecule has 0 aliphatic carbocycles. The van der Waals surface area contributed by atoms with Crippen LogP contribution >= 0.6 is 11.6 Å². The molecule has 1 amide bonds. The van der Waals surface area contributed by atoms with Crippen LogP contribution in [0.1, 0.15) is 0 Å². The highest BCUT2D eigenvalue weighted by atomic mass is 35.5. The van der Waals surface area contributed by atoms with Gasteiger partial charge in [-0.05, 0) is 12.1 Å². The molecule has 1 aromatic rings. The highest BCUT2D eigenvalue weighted by Gasteiger charge is 2.27. The Labute approximate surface area is 112 Å². The Hall–Kier alpha value is -1.47. The lowest BCUT2D eigenvalue weighted by atomic mass is 10.3. The van der Waals surface area contributed by atoms with Crippen molar-refractivity contribution in [2.75, 3.05) is 19.7 Å². The lowest BCUT2D eigenvalue weighted by Gasteiger charge is -2.14. The van der Waals surface area contributed by atoms with Crippen molar-refractivity contribution in [3.63, 3.8) is 0 Å². The molecule has 0 fully saturated rings. The molecule has 0 radical (unpaired) electrons. The van der Waals surface area contributed by atoms with Gasteiger partial charge in [0.25, 0.3) is 11.8 Å². The number of hydrogen-bond acceptors (Lipinski definition) is 3. The number of halogens is 4. The molecule has 0 aromatic heterocycles. The van der Waals surface area contributed by atoms with Gasteiger partial charge in [-0.2, -0.15) is 0 Å². The van der Waals surface area contributed by atoms with Gasteiger partial charge >= 0.3 is 0 Å². The van der Waals surface area contributed by atoms with Crippen LogP contribution in [0.4, 0.5) is 13.2 Å². The quantitative estimate of drug-likeness (QED) is 0.837. The van der Waals surface area contributed by atoms with Crippen LogP contribution in [0.2, 0.25) is 5.02 Å². The summed E-state index contributed by atoms with van der Waals surface area (Å²) in [4.78, 5) is 11.2. The van der Waals surface area contributed by atoms with Gasteiger partial charge in [-0.3, -0.25) is 4.79 Å². The van der Waals surface area contributed by atoms with Gasteiger partial charge in [-0.25, -0.2) is 13.2 Å². The first-order valence-electron chi connectivity index (χ1n) is 5.26. The van der Waals surface area contributed by atoms with Gasteiger partial charge < -0.3 is 15.8 Å². The van der Waals surface area contributed by atoms with Crippen molar-refractivity contribution in [3.05, 3.63) is 29.0 Å². The molecule has 3 N–H and O–H groups in total. The van der Waals surface area contributed by atoms with E-state index in [4.69, 9.17) is 22.1 Å². The molecule has 106 valence electrons. The summed E-state index contributed by atoms with van der Waals surface area (Å²) in [5, 5.41) is 1.81. The standard InChI is InChI=1S/C11H12ClF3N2O2/c12-8-3-7(1-2-9(8)13)19-4-10(18)17-6-11(14,15)5-16/h1-3H,4-6,16H2,(H,17,18). The predicted octanol–water partition coefficient (Wildman–Crippen LogP) is 1.57. The lowest BCUT2D eigenvalue weighted by molar-refractivity contribution is -0.124. The van der Waals surface area contributed by atoms with E-state index in [-0.39, 0.29) is 10.8 Å². The minimum absolute atomic E-state index is 0.159. The first kappa shape index (κ1) is 15.6. The second kappa shape index (κ2) is 6.63. The van der Waals surface area contributed by atoms with Crippen molar-refractivity contribution in [2.45, 2.75) is 5.92 Å². The maximum atomic E-state index is 12.8. The molecule has 0 spiro atoms. The van der Waals surface area contributed by atoms with Crippen molar-refractivity contribution in [1.29, 1.82) is 0 Å². The molecular weight excluding hydrogens is 285 g/mol.